The monoisotopic (exact) mass is 311 g/mol. The molecule has 1 heterocycles. The minimum atomic E-state index is -1.03. The summed E-state index contributed by atoms with van der Waals surface area (Å²) in [5, 5.41) is 9.12. The number of carboxylic acid groups (broad SMARTS) is 1. The Bertz CT molecular complexity index is 714. The van der Waals surface area contributed by atoms with Crippen LogP contribution in [0.1, 0.15) is 17.0 Å². The molecule has 3 rings (SSSR count). The maximum absolute atomic E-state index is 12.8. The molecule has 0 aliphatic carbocycles. The summed E-state index contributed by atoms with van der Waals surface area (Å²) in [6.45, 7) is 0.195. The third-order valence-electron chi connectivity index (χ3n) is 3.85. The van der Waals surface area contributed by atoms with Gasteiger partial charge in [0, 0.05) is 12.1 Å². The van der Waals surface area contributed by atoms with E-state index in [1.54, 1.807) is 0 Å². The van der Waals surface area contributed by atoms with Gasteiger partial charge in [0.05, 0.1) is 0 Å². The van der Waals surface area contributed by atoms with Gasteiger partial charge in [0.15, 0.2) is 0 Å². The zero-order valence-corrected chi connectivity index (χ0v) is 12.5. The molecule has 0 radical (unpaired) electrons. The molecule has 2 aromatic carbocycles. The summed E-state index contributed by atoms with van der Waals surface area (Å²) in [4.78, 5) is 25.3. The van der Waals surface area contributed by atoms with E-state index in [0.29, 0.717) is 5.75 Å². The molecule has 1 amide bonds. The van der Waals surface area contributed by atoms with Crippen molar-refractivity contribution in [3.8, 4) is 5.75 Å². The number of carbonyl (C=O) groups excluding carboxylic acids is 1. The lowest BCUT2D eigenvalue weighted by atomic mass is 9.99. The second kappa shape index (κ2) is 6.52. The first-order chi connectivity index (χ1) is 11.1. The van der Waals surface area contributed by atoms with Gasteiger partial charge in [-0.3, -0.25) is 9.59 Å². The first-order valence-corrected chi connectivity index (χ1v) is 7.41. The van der Waals surface area contributed by atoms with Gasteiger partial charge < -0.3 is 14.7 Å². The van der Waals surface area contributed by atoms with Gasteiger partial charge in [-0.2, -0.15) is 0 Å². The molecule has 0 aromatic heterocycles. The second-order valence-corrected chi connectivity index (χ2v) is 5.48. The van der Waals surface area contributed by atoms with Crippen molar-refractivity contribution in [1.29, 1.82) is 0 Å². The van der Waals surface area contributed by atoms with E-state index in [4.69, 9.17) is 9.84 Å². The summed E-state index contributed by atoms with van der Waals surface area (Å²) in [5.41, 5.74) is 1.72. The molecule has 0 bridgehead atoms. The molecule has 2 aromatic rings. The van der Waals surface area contributed by atoms with Gasteiger partial charge >= 0.3 is 5.97 Å². The van der Waals surface area contributed by atoms with Gasteiger partial charge in [-0.05, 0) is 11.6 Å². The Morgan fingerprint density at radius 2 is 1.78 bits per heavy atom. The molecule has 1 aliphatic rings. The maximum Gasteiger partial charge on any atom is 0.323 e. The normalized spacial score (nSPS) is 15.6. The van der Waals surface area contributed by atoms with Crippen LogP contribution >= 0.6 is 0 Å². The molecule has 1 N–H and O–H groups in total. The molecular weight excluding hydrogens is 294 g/mol. The number of ether oxygens (including phenoxy) is 1. The molecular formula is C18H17NO4. The summed E-state index contributed by atoms with van der Waals surface area (Å²) >= 11 is 0. The fraction of sp³-hybridized carbons (Fsp3) is 0.222. The van der Waals surface area contributed by atoms with Crippen LogP contribution < -0.4 is 4.74 Å². The Hall–Kier alpha value is -2.82. The Balaban J connectivity index is 1.82. The van der Waals surface area contributed by atoms with Crippen molar-refractivity contribution < 1.29 is 19.4 Å². The standard InChI is InChI=1S/C18H17NO4/c20-17(21)11-19(10-13-6-2-1-3-7-13)18(22)15-12-23-16-9-5-4-8-14(15)16/h1-9,15H,10-12H2,(H,20,21). The van der Waals surface area contributed by atoms with Gasteiger partial charge in [0.2, 0.25) is 5.91 Å². The zero-order valence-electron chi connectivity index (χ0n) is 12.5. The van der Waals surface area contributed by atoms with E-state index in [9.17, 15) is 9.59 Å². The number of amides is 1. The number of hydrogen-bond donors (Lipinski definition) is 1. The fourth-order valence-electron chi connectivity index (χ4n) is 2.77. The highest BCUT2D eigenvalue weighted by Crippen LogP contribution is 2.34. The number of rotatable bonds is 5. The molecule has 118 valence electrons. The number of benzene rings is 2. The van der Waals surface area contributed by atoms with Gasteiger partial charge in [0.25, 0.3) is 0 Å². The molecule has 23 heavy (non-hydrogen) atoms. The summed E-state index contributed by atoms with van der Waals surface area (Å²) in [7, 11) is 0. The maximum atomic E-state index is 12.8. The summed E-state index contributed by atoms with van der Waals surface area (Å²) in [6, 6.07) is 16.8. The SMILES string of the molecule is O=C(O)CN(Cc1ccccc1)C(=O)C1COc2ccccc21. The largest absolute Gasteiger partial charge is 0.492 e. The molecule has 5 nitrogen and oxygen atoms in total. The first-order valence-electron chi connectivity index (χ1n) is 7.41. The lowest BCUT2D eigenvalue weighted by Crippen LogP contribution is -2.38. The number of carboxylic acids is 1. The van der Waals surface area contributed by atoms with Crippen LogP contribution in [0.25, 0.3) is 0 Å². The smallest absolute Gasteiger partial charge is 0.323 e. The molecule has 0 fully saturated rings. The lowest BCUT2D eigenvalue weighted by molar-refractivity contribution is -0.145. The highest BCUT2D eigenvalue weighted by molar-refractivity contribution is 5.88. The molecule has 0 saturated heterocycles. The lowest BCUT2D eigenvalue weighted by Gasteiger charge is -2.23. The van der Waals surface area contributed by atoms with Crippen LogP contribution in [-0.4, -0.2) is 35.0 Å². The highest BCUT2D eigenvalue weighted by atomic mass is 16.5. The quantitative estimate of drug-likeness (QED) is 0.920. The van der Waals surface area contributed by atoms with E-state index in [1.807, 2.05) is 54.6 Å². The Morgan fingerprint density at radius 1 is 1.09 bits per heavy atom. The van der Waals surface area contributed by atoms with Crippen LogP contribution in [0, 0.1) is 0 Å². The average Bonchev–Trinajstić information content (AvgIpc) is 2.98. The summed E-state index contributed by atoms with van der Waals surface area (Å²) < 4.78 is 5.54. The van der Waals surface area contributed by atoms with Crippen molar-refractivity contribution in [3.05, 3.63) is 65.7 Å². The number of fused-ring (bicyclic) bond motifs is 1. The van der Waals surface area contributed by atoms with Gasteiger partial charge in [-0.25, -0.2) is 0 Å². The van der Waals surface area contributed by atoms with Gasteiger partial charge in [-0.1, -0.05) is 48.5 Å². The zero-order chi connectivity index (χ0) is 16.2. The van der Waals surface area contributed by atoms with E-state index in [1.165, 1.54) is 4.90 Å². The van der Waals surface area contributed by atoms with Crippen LogP contribution in [0.3, 0.4) is 0 Å². The summed E-state index contributed by atoms with van der Waals surface area (Å²) in [6.07, 6.45) is 0. The van der Waals surface area contributed by atoms with Crippen molar-refractivity contribution in [3.63, 3.8) is 0 Å². The Kier molecular flexibility index (Phi) is 4.28. The van der Waals surface area contributed by atoms with E-state index < -0.39 is 11.9 Å². The van der Waals surface area contributed by atoms with Crippen LogP contribution in [0.5, 0.6) is 5.75 Å². The Morgan fingerprint density at radius 3 is 2.52 bits per heavy atom. The van der Waals surface area contributed by atoms with Crippen molar-refractivity contribution in [2.75, 3.05) is 13.2 Å². The molecule has 1 atom stereocenters. The third-order valence-corrected chi connectivity index (χ3v) is 3.85. The molecule has 1 aliphatic heterocycles. The third kappa shape index (κ3) is 3.34. The first kappa shape index (κ1) is 15.1. The number of hydrogen-bond acceptors (Lipinski definition) is 3. The van der Waals surface area contributed by atoms with Gasteiger partial charge in [-0.15, -0.1) is 0 Å². The van der Waals surface area contributed by atoms with Crippen LogP contribution in [0.2, 0.25) is 0 Å². The topological polar surface area (TPSA) is 66.8 Å². The minimum Gasteiger partial charge on any atom is -0.492 e. The predicted octanol–water partition coefficient (Wildman–Crippen LogP) is 2.28. The van der Waals surface area contributed by atoms with Crippen LogP contribution in [-0.2, 0) is 16.1 Å². The number of para-hydroxylation sites is 1. The van der Waals surface area contributed by atoms with Crippen molar-refractivity contribution in [2.24, 2.45) is 0 Å². The van der Waals surface area contributed by atoms with E-state index in [2.05, 4.69) is 0 Å². The van der Waals surface area contributed by atoms with Crippen molar-refractivity contribution in [1.82, 2.24) is 4.90 Å². The molecule has 1 unspecified atom stereocenters. The number of aliphatic carboxylic acids is 1. The van der Waals surface area contributed by atoms with Crippen molar-refractivity contribution >= 4 is 11.9 Å². The number of nitrogens with zero attached hydrogens (tertiary/aromatic N) is 1. The predicted molar refractivity (Wildman–Crippen MR) is 84.2 cm³/mol. The number of carbonyl (C=O) groups is 2. The van der Waals surface area contributed by atoms with Crippen LogP contribution in [0.15, 0.2) is 54.6 Å². The van der Waals surface area contributed by atoms with Crippen LogP contribution in [0.4, 0.5) is 0 Å². The van der Waals surface area contributed by atoms with Crippen molar-refractivity contribution in [2.45, 2.75) is 12.5 Å². The van der Waals surface area contributed by atoms with Gasteiger partial charge in [0.1, 0.15) is 24.8 Å². The summed E-state index contributed by atoms with van der Waals surface area (Å²) in [5.74, 6) is -1.00. The minimum absolute atomic E-state index is 0.221. The van der Waals surface area contributed by atoms with E-state index >= 15 is 0 Å². The van der Waals surface area contributed by atoms with E-state index in [-0.39, 0.29) is 25.6 Å². The highest BCUT2D eigenvalue weighted by Gasteiger charge is 2.33. The van der Waals surface area contributed by atoms with E-state index in [0.717, 1.165) is 11.1 Å². The Labute approximate surface area is 134 Å². The second-order valence-electron chi connectivity index (χ2n) is 5.48. The molecule has 0 saturated carbocycles. The fourth-order valence-corrected chi connectivity index (χ4v) is 2.77. The molecule has 0 spiro atoms. The molecule has 5 heteroatoms. The average molecular weight is 311 g/mol.